The van der Waals surface area contributed by atoms with Crippen LogP contribution in [-0.2, 0) is 27.1 Å². The number of fused-ring (bicyclic) bond motifs is 1. The maximum Gasteiger partial charge on any atom is 0.490 e. The zero-order valence-corrected chi connectivity index (χ0v) is 19.4. The van der Waals surface area contributed by atoms with Crippen LogP contribution in [0.25, 0.3) is 11.2 Å². The molecule has 0 spiro atoms. The normalized spacial score (nSPS) is 25.9. The first-order valence-corrected chi connectivity index (χ1v) is 13.1. The second kappa shape index (κ2) is 9.81. The van der Waals surface area contributed by atoms with Crippen molar-refractivity contribution in [3.63, 3.8) is 0 Å². The number of nitrogens with two attached hydrogens (primary N) is 1. The lowest BCUT2D eigenvalue weighted by molar-refractivity contribution is -0.0950. The molecule has 0 aromatic carbocycles. The van der Waals surface area contributed by atoms with Gasteiger partial charge in [-0.2, -0.15) is 13.6 Å². The second-order valence-corrected chi connectivity index (χ2v) is 11.0. The summed E-state index contributed by atoms with van der Waals surface area (Å²) in [6, 6.07) is 0. The lowest BCUT2D eigenvalue weighted by atomic mass is 9.96. The Balaban J connectivity index is 0.000000273. The molecule has 0 aliphatic carbocycles. The van der Waals surface area contributed by atoms with E-state index < -0.39 is 59.7 Å². The lowest BCUT2D eigenvalue weighted by Gasteiger charge is -2.27. The van der Waals surface area contributed by atoms with Gasteiger partial charge in [0.1, 0.15) is 17.8 Å². The number of phosphoric acid groups is 3. The Bertz CT molecular complexity index is 1200. The van der Waals surface area contributed by atoms with Crippen LogP contribution in [-0.4, -0.2) is 83.7 Å². The molecule has 0 unspecified atom stereocenters. The molecule has 2 aromatic rings. The highest BCUT2D eigenvalue weighted by Crippen LogP contribution is 2.64. The van der Waals surface area contributed by atoms with Gasteiger partial charge >= 0.3 is 23.5 Å². The Morgan fingerprint density at radius 2 is 1.74 bits per heavy atom. The van der Waals surface area contributed by atoms with Crippen LogP contribution in [0.5, 0.6) is 0 Å². The van der Waals surface area contributed by atoms with Gasteiger partial charge in [-0.05, 0) is 6.92 Å². The lowest BCUT2D eigenvalue weighted by Crippen LogP contribution is -2.44. The molecule has 0 bridgehead atoms. The zero-order chi connectivity index (χ0) is 26.3. The maximum atomic E-state index is 11.7. The summed E-state index contributed by atoms with van der Waals surface area (Å²) in [5, 5.41) is 29.6. The third-order valence-corrected chi connectivity index (χ3v) is 7.41. The molecule has 20 nitrogen and oxygen atoms in total. The molecule has 34 heavy (non-hydrogen) atoms. The van der Waals surface area contributed by atoms with Gasteiger partial charge in [-0.1, -0.05) is 0 Å². The van der Waals surface area contributed by atoms with Gasteiger partial charge in [-0.3, -0.25) is 14.3 Å². The van der Waals surface area contributed by atoms with Crippen molar-refractivity contribution in [3.8, 4) is 0 Å². The summed E-state index contributed by atoms with van der Waals surface area (Å²) in [6.07, 6.45) is -2.06. The number of imidazole rings is 1. The Kier molecular flexibility index (Phi) is 8.26. The highest BCUT2D eigenvalue weighted by molar-refractivity contribution is 7.66. The number of aliphatic hydroxyl groups is 3. The number of hydrogen-bond acceptors (Lipinski definition) is 13. The minimum atomic E-state index is -5.46. The number of aromatic nitrogens is 4. The van der Waals surface area contributed by atoms with Gasteiger partial charge < -0.3 is 50.3 Å². The summed E-state index contributed by atoms with van der Waals surface area (Å²) in [5.41, 5.74) is 3.44. The zero-order valence-electron chi connectivity index (χ0n) is 16.7. The number of rotatable bonds is 6. The molecule has 11 N–H and O–H groups in total. The number of nitrogens with one attached hydrogen (secondary N) is 1. The molecule has 1 aliphatic heterocycles. The van der Waals surface area contributed by atoms with Crippen molar-refractivity contribution in [2.75, 3.05) is 12.3 Å². The van der Waals surface area contributed by atoms with Crippen LogP contribution in [0.2, 0.25) is 0 Å². The standard InChI is InChI=1S/C11H15N5O5.H5O10P3/c1-11(20)6(18)4(2-17)21-9(11)16-3-13-5-7(16)14-10(12)15-8(5)19;1-11(2,3)9-13(7,8)10-12(4,5)6/h3-4,6,9,17-18,20H,2H2,1H3,(H3,12,14,15,19);(H,7,8)(H2,1,2,3)(H2,4,5,6)/t4-,6-,9-,11-;/m1./s1. The average molecular weight is 555 g/mol. The smallest absolute Gasteiger partial charge is 0.394 e. The second-order valence-electron chi connectivity index (χ2n) is 6.77. The van der Waals surface area contributed by atoms with E-state index in [1.54, 1.807) is 0 Å². The number of nitrogens with zero attached hydrogens (tertiary/aromatic N) is 3. The number of hydrogen-bond donors (Lipinski definition) is 10. The Morgan fingerprint density at radius 3 is 2.18 bits per heavy atom. The van der Waals surface area contributed by atoms with E-state index in [9.17, 15) is 33.8 Å². The van der Waals surface area contributed by atoms with E-state index in [4.69, 9.17) is 34.9 Å². The predicted octanol–water partition coefficient (Wildman–Crippen LogP) is -2.99. The van der Waals surface area contributed by atoms with Crippen LogP contribution in [0.3, 0.4) is 0 Å². The molecule has 0 amide bonds. The Hall–Kier alpha value is -1.60. The fourth-order valence-corrected chi connectivity index (χ4v) is 5.33. The van der Waals surface area contributed by atoms with Gasteiger partial charge in [-0.15, -0.1) is 0 Å². The van der Waals surface area contributed by atoms with Crippen LogP contribution in [0, 0.1) is 0 Å². The number of nitrogen functional groups attached to an aromatic ring is 1. The fourth-order valence-electron chi connectivity index (χ4n) is 2.79. The number of aromatic amines is 1. The summed E-state index contributed by atoms with van der Waals surface area (Å²) in [4.78, 5) is 62.1. The van der Waals surface area contributed by atoms with Crippen molar-refractivity contribution in [2.45, 2.75) is 31.0 Å². The van der Waals surface area contributed by atoms with Crippen LogP contribution in [0.4, 0.5) is 5.95 Å². The van der Waals surface area contributed by atoms with Crippen molar-refractivity contribution in [1.29, 1.82) is 0 Å². The minimum Gasteiger partial charge on any atom is -0.394 e. The number of ether oxygens (including phenoxy) is 1. The molecule has 4 atom stereocenters. The largest absolute Gasteiger partial charge is 0.490 e. The van der Waals surface area contributed by atoms with E-state index in [0.717, 1.165) is 0 Å². The first-order chi connectivity index (χ1) is 15.3. The third kappa shape index (κ3) is 6.97. The van der Waals surface area contributed by atoms with E-state index in [0.29, 0.717) is 0 Å². The quantitative estimate of drug-likeness (QED) is 0.159. The maximum absolute atomic E-state index is 11.7. The van der Waals surface area contributed by atoms with Gasteiger partial charge in [-0.25, -0.2) is 18.7 Å². The monoisotopic (exact) mass is 555 g/mol. The molecule has 1 fully saturated rings. The van der Waals surface area contributed by atoms with Crippen LogP contribution >= 0.6 is 23.5 Å². The Labute approximate surface area is 187 Å². The van der Waals surface area contributed by atoms with Crippen LogP contribution < -0.4 is 11.3 Å². The molecular weight excluding hydrogens is 535 g/mol. The summed E-state index contributed by atoms with van der Waals surface area (Å²) in [6.45, 7) is 0.900. The van der Waals surface area contributed by atoms with Crippen LogP contribution in [0.1, 0.15) is 13.2 Å². The molecule has 3 rings (SSSR count). The number of H-pyrrole nitrogens is 1. The molecule has 194 valence electrons. The summed E-state index contributed by atoms with van der Waals surface area (Å²) >= 11 is 0. The van der Waals surface area contributed by atoms with Crippen molar-refractivity contribution in [3.05, 3.63) is 16.7 Å². The van der Waals surface area contributed by atoms with Gasteiger partial charge in [0.05, 0.1) is 12.9 Å². The third-order valence-electron chi connectivity index (χ3n) is 4.06. The molecule has 3 heterocycles. The molecule has 0 radical (unpaired) electrons. The highest BCUT2D eigenvalue weighted by Gasteiger charge is 2.53. The molecule has 0 saturated carbocycles. The summed E-state index contributed by atoms with van der Waals surface area (Å²) in [5.74, 6) is -0.105. The minimum absolute atomic E-state index is 0.0329. The summed E-state index contributed by atoms with van der Waals surface area (Å²) < 4.78 is 43.1. The molecule has 1 aliphatic rings. The van der Waals surface area contributed by atoms with Crippen molar-refractivity contribution in [2.24, 2.45) is 0 Å². The Morgan fingerprint density at radius 1 is 1.21 bits per heavy atom. The van der Waals surface area contributed by atoms with Crippen molar-refractivity contribution >= 4 is 40.6 Å². The topological polar surface area (TPSA) is 330 Å². The number of aliphatic hydroxyl groups excluding tert-OH is 2. The van der Waals surface area contributed by atoms with E-state index in [1.807, 2.05) is 0 Å². The van der Waals surface area contributed by atoms with Gasteiger partial charge in [0.25, 0.3) is 5.56 Å². The van der Waals surface area contributed by atoms with E-state index in [2.05, 4.69) is 23.6 Å². The fraction of sp³-hybridized carbons (Fsp3) is 0.545. The van der Waals surface area contributed by atoms with Crippen molar-refractivity contribution in [1.82, 2.24) is 19.5 Å². The molecule has 1 saturated heterocycles. The van der Waals surface area contributed by atoms with E-state index >= 15 is 0 Å². The number of anilines is 1. The average Bonchev–Trinajstić information content (AvgIpc) is 3.10. The predicted molar refractivity (Wildman–Crippen MR) is 106 cm³/mol. The van der Waals surface area contributed by atoms with E-state index in [-0.39, 0.29) is 17.1 Å². The van der Waals surface area contributed by atoms with Gasteiger partial charge in [0.15, 0.2) is 17.4 Å². The molecule has 2 aromatic heterocycles. The molecule has 23 heteroatoms. The first kappa shape index (κ1) is 28.6. The van der Waals surface area contributed by atoms with Gasteiger partial charge in [0.2, 0.25) is 5.95 Å². The van der Waals surface area contributed by atoms with Crippen molar-refractivity contribution < 1.29 is 66.8 Å². The SMILES string of the molecule is C[C@@]1(O)[C@H](O)[C@@H](CO)O[C@H]1n1cnc2c(=O)[nH]c(N)nc21.O=P(O)(O)OP(=O)(O)OP(=O)(O)O. The van der Waals surface area contributed by atoms with Crippen LogP contribution in [0.15, 0.2) is 11.1 Å². The summed E-state index contributed by atoms with van der Waals surface area (Å²) in [7, 11) is -16.2. The molecular formula is C11H20N5O15P3. The highest BCUT2D eigenvalue weighted by atomic mass is 31.3. The van der Waals surface area contributed by atoms with Gasteiger partial charge in [0, 0.05) is 0 Å². The first-order valence-electron chi connectivity index (χ1n) is 8.53. The van der Waals surface area contributed by atoms with E-state index in [1.165, 1.54) is 17.8 Å².